The molecular formula is C22H24N2O3. The third-order valence-corrected chi connectivity index (χ3v) is 4.61. The molecule has 0 radical (unpaired) electrons. The molecule has 5 nitrogen and oxygen atoms in total. The van der Waals surface area contributed by atoms with Gasteiger partial charge in [0.15, 0.2) is 0 Å². The van der Waals surface area contributed by atoms with Crippen LogP contribution in [0.2, 0.25) is 0 Å². The molecule has 1 saturated heterocycles. The summed E-state index contributed by atoms with van der Waals surface area (Å²) in [6, 6.07) is 15.4. The van der Waals surface area contributed by atoms with E-state index in [1.165, 1.54) is 0 Å². The molecule has 2 amide bonds. The standard InChI is InChI=1S/C22H24N2O3/c25-19-12-10-17(11-13-19)16-20(22(27)24-14-6-1-2-7-15-24)23-21(26)18-8-4-3-5-9-18/h3-5,8-13,16,25H,1-2,6-7,14-15H2,(H,23,26)/b20-16+. The molecule has 0 spiro atoms. The van der Waals surface area contributed by atoms with Crippen molar-refractivity contribution in [3.05, 3.63) is 71.4 Å². The second-order valence-electron chi connectivity index (χ2n) is 6.68. The van der Waals surface area contributed by atoms with E-state index in [-0.39, 0.29) is 23.3 Å². The molecule has 0 aromatic heterocycles. The number of likely N-dealkylation sites (tertiary alicyclic amines) is 1. The van der Waals surface area contributed by atoms with Gasteiger partial charge in [-0.2, -0.15) is 0 Å². The van der Waals surface area contributed by atoms with Gasteiger partial charge in [-0.15, -0.1) is 0 Å². The van der Waals surface area contributed by atoms with E-state index in [1.54, 1.807) is 54.6 Å². The minimum absolute atomic E-state index is 0.154. The fourth-order valence-corrected chi connectivity index (χ4v) is 3.12. The lowest BCUT2D eigenvalue weighted by atomic mass is 10.1. The highest BCUT2D eigenvalue weighted by Gasteiger charge is 2.21. The molecule has 0 atom stereocenters. The molecule has 1 fully saturated rings. The Hall–Kier alpha value is -3.08. The number of nitrogens with one attached hydrogen (secondary N) is 1. The largest absolute Gasteiger partial charge is 0.508 e. The quantitative estimate of drug-likeness (QED) is 0.815. The molecule has 1 aliphatic heterocycles. The van der Waals surface area contributed by atoms with Gasteiger partial charge < -0.3 is 15.3 Å². The van der Waals surface area contributed by atoms with Crippen molar-refractivity contribution in [3.8, 4) is 5.75 Å². The van der Waals surface area contributed by atoms with Gasteiger partial charge in [0, 0.05) is 18.7 Å². The Kier molecular flexibility index (Phi) is 6.26. The maximum atomic E-state index is 13.1. The Balaban J connectivity index is 1.86. The number of phenolic OH excluding ortho intramolecular Hbond substituents is 1. The van der Waals surface area contributed by atoms with E-state index in [1.807, 2.05) is 11.0 Å². The van der Waals surface area contributed by atoms with Crippen molar-refractivity contribution in [1.82, 2.24) is 10.2 Å². The summed E-state index contributed by atoms with van der Waals surface area (Å²) >= 11 is 0. The van der Waals surface area contributed by atoms with Crippen LogP contribution in [0, 0.1) is 0 Å². The fourth-order valence-electron chi connectivity index (χ4n) is 3.12. The van der Waals surface area contributed by atoms with Crippen LogP contribution >= 0.6 is 0 Å². The summed E-state index contributed by atoms with van der Waals surface area (Å²) < 4.78 is 0. The van der Waals surface area contributed by atoms with Gasteiger partial charge in [0.25, 0.3) is 11.8 Å². The first-order valence-electron chi connectivity index (χ1n) is 9.30. The van der Waals surface area contributed by atoms with E-state index in [0.717, 1.165) is 31.2 Å². The zero-order valence-corrected chi connectivity index (χ0v) is 15.2. The first-order chi connectivity index (χ1) is 13.1. The van der Waals surface area contributed by atoms with Crippen LogP contribution in [0.4, 0.5) is 0 Å². The molecule has 3 rings (SSSR count). The van der Waals surface area contributed by atoms with E-state index < -0.39 is 0 Å². The van der Waals surface area contributed by atoms with Crippen molar-refractivity contribution >= 4 is 17.9 Å². The molecule has 5 heteroatoms. The number of hydrogen-bond acceptors (Lipinski definition) is 3. The second kappa shape index (κ2) is 9.03. The average Bonchev–Trinajstić information content (AvgIpc) is 2.98. The number of aromatic hydroxyl groups is 1. The summed E-state index contributed by atoms with van der Waals surface area (Å²) in [4.78, 5) is 27.5. The molecule has 0 aliphatic carbocycles. The Morgan fingerprint density at radius 2 is 1.52 bits per heavy atom. The van der Waals surface area contributed by atoms with E-state index in [4.69, 9.17) is 0 Å². The van der Waals surface area contributed by atoms with E-state index in [2.05, 4.69) is 5.32 Å². The molecular weight excluding hydrogens is 340 g/mol. The van der Waals surface area contributed by atoms with Gasteiger partial charge in [-0.05, 0) is 48.7 Å². The van der Waals surface area contributed by atoms with E-state index in [9.17, 15) is 14.7 Å². The summed E-state index contributed by atoms with van der Waals surface area (Å²) in [5.74, 6) is -0.334. The monoisotopic (exact) mass is 364 g/mol. The van der Waals surface area contributed by atoms with Gasteiger partial charge in [-0.25, -0.2) is 0 Å². The second-order valence-corrected chi connectivity index (χ2v) is 6.68. The molecule has 140 valence electrons. The Morgan fingerprint density at radius 3 is 2.15 bits per heavy atom. The number of benzene rings is 2. The van der Waals surface area contributed by atoms with Crippen molar-refractivity contribution in [2.24, 2.45) is 0 Å². The molecule has 27 heavy (non-hydrogen) atoms. The van der Waals surface area contributed by atoms with Gasteiger partial charge >= 0.3 is 0 Å². The van der Waals surface area contributed by atoms with Crippen molar-refractivity contribution in [3.63, 3.8) is 0 Å². The van der Waals surface area contributed by atoms with Crippen LogP contribution in [0.1, 0.15) is 41.6 Å². The highest BCUT2D eigenvalue weighted by molar-refractivity contribution is 6.05. The maximum absolute atomic E-state index is 13.1. The lowest BCUT2D eigenvalue weighted by molar-refractivity contribution is -0.127. The fraction of sp³-hybridized carbons (Fsp3) is 0.273. The van der Waals surface area contributed by atoms with Crippen molar-refractivity contribution in [2.45, 2.75) is 25.7 Å². The number of hydrogen-bond donors (Lipinski definition) is 2. The minimum atomic E-state index is -0.316. The Morgan fingerprint density at radius 1 is 0.889 bits per heavy atom. The average molecular weight is 364 g/mol. The molecule has 0 bridgehead atoms. The summed E-state index contributed by atoms with van der Waals surface area (Å²) in [6.07, 6.45) is 5.86. The Labute approximate surface area is 159 Å². The van der Waals surface area contributed by atoms with Crippen molar-refractivity contribution < 1.29 is 14.7 Å². The number of rotatable bonds is 4. The maximum Gasteiger partial charge on any atom is 0.270 e. The van der Waals surface area contributed by atoms with Gasteiger partial charge in [-0.1, -0.05) is 43.2 Å². The minimum Gasteiger partial charge on any atom is -0.508 e. The van der Waals surface area contributed by atoms with Crippen LogP contribution in [0.15, 0.2) is 60.3 Å². The molecule has 0 unspecified atom stereocenters. The SMILES string of the molecule is O=C(N/C(=C/c1ccc(O)cc1)C(=O)N1CCCCCC1)c1ccccc1. The zero-order chi connectivity index (χ0) is 19.1. The summed E-state index contributed by atoms with van der Waals surface area (Å²) in [7, 11) is 0. The van der Waals surface area contributed by atoms with Crippen LogP contribution in [0.25, 0.3) is 6.08 Å². The lowest BCUT2D eigenvalue weighted by Gasteiger charge is -2.22. The highest BCUT2D eigenvalue weighted by atomic mass is 16.3. The summed E-state index contributed by atoms with van der Waals surface area (Å²) in [5, 5.41) is 12.2. The van der Waals surface area contributed by atoms with Gasteiger partial charge in [0.2, 0.25) is 0 Å². The van der Waals surface area contributed by atoms with Crippen LogP contribution in [-0.4, -0.2) is 34.9 Å². The number of carbonyl (C=O) groups excluding carboxylic acids is 2. The summed E-state index contributed by atoms with van der Waals surface area (Å²) in [5.41, 5.74) is 1.48. The molecule has 1 aliphatic rings. The smallest absolute Gasteiger partial charge is 0.270 e. The highest BCUT2D eigenvalue weighted by Crippen LogP contribution is 2.16. The third-order valence-electron chi connectivity index (χ3n) is 4.61. The molecule has 1 heterocycles. The predicted octanol–water partition coefficient (Wildman–Crippen LogP) is 3.57. The van der Waals surface area contributed by atoms with E-state index >= 15 is 0 Å². The number of phenols is 1. The predicted molar refractivity (Wildman–Crippen MR) is 105 cm³/mol. The van der Waals surface area contributed by atoms with Gasteiger partial charge in [-0.3, -0.25) is 9.59 Å². The third kappa shape index (κ3) is 5.20. The molecule has 2 aromatic rings. The van der Waals surface area contributed by atoms with Gasteiger partial charge in [0.1, 0.15) is 11.4 Å². The van der Waals surface area contributed by atoms with Crippen LogP contribution in [-0.2, 0) is 4.79 Å². The first-order valence-corrected chi connectivity index (χ1v) is 9.30. The number of nitrogens with zero attached hydrogens (tertiary/aromatic N) is 1. The Bertz CT molecular complexity index is 805. The van der Waals surface area contributed by atoms with Crippen molar-refractivity contribution in [2.75, 3.05) is 13.1 Å². The number of carbonyl (C=O) groups is 2. The molecule has 2 aromatic carbocycles. The van der Waals surface area contributed by atoms with Crippen LogP contribution in [0.3, 0.4) is 0 Å². The van der Waals surface area contributed by atoms with E-state index in [0.29, 0.717) is 18.7 Å². The topological polar surface area (TPSA) is 69.6 Å². The molecule has 2 N–H and O–H groups in total. The summed E-state index contributed by atoms with van der Waals surface area (Å²) in [6.45, 7) is 1.40. The normalized spacial score (nSPS) is 15.1. The van der Waals surface area contributed by atoms with Crippen LogP contribution in [0.5, 0.6) is 5.75 Å². The lowest BCUT2D eigenvalue weighted by Crippen LogP contribution is -2.39. The van der Waals surface area contributed by atoms with Crippen molar-refractivity contribution in [1.29, 1.82) is 0 Å². The zero-order valence-electron chi connectivity index (χ0n) is 15.2. The number of amides is 2. The van der Waals surface area contributed by atoms with Gasteiger partial charge in [0.05, 0.1) is 0 Å². The first kappa shape index (κ1) is 18.7. The molecule has 0 saturated carbocycles. The van der Waals surface area contributed by atoms with Crippen LogP contribution < -0.4 is 5.32 Å².